The number of nitrogens with one attached hydrogen (secondary N) is 1. The molecule has 0 spiro atoms. The van der Waals surface area contributed by atoms with Crippen LogP contribution in [0.25, 0.3) is 0 Å². The van der Waals surface area contributed by atoms with Crippen molar-refractivity contribution in [3.05, 3.63) is 46.0 Å². The van der Waals surface area contributed by atoms with E-state index in [1.165, 1.54) is 12.1 Å². The third kappa shape index (κ3) is 1.76. The molecule has 19 heavy (non-hydrogen) atoms. The molecule has 1 heterocycles. The number of non-ortho nitro benzene ring substituents is 1. The maximum absolute atomic E-state index is 11.3. The highest BCUT2D eigenvalue weighted by atomic mass is 16.6. The molecule has 1 aliphatic heterocycles. The molecule has 0 amide bonds. The van der Waals surface area contributed by atoms with Gasteiger partial charge in [-0.3, -0.25) is 10.1 Å². The van der Waals surface area contributed by atoms with Crippen LogP contribution < -0.4 is 5.32 Å². The second kappa shape index (κ2) is 4.08. The molecule has 1 aromatic rings. The molecule has 0 unspecified atom stereocenters. The van der Waals surface area contributed by atoms with Crippen molar-refractivity contribution < 1.29 is 14.8 Å². The van der Waals surface area contributed by atoms with E-state index in [2.05, 4.69) is 5.32 Å². The Morgan fingerprint density at radius 2 is 2.26 bits per heavy atom. The lowest BCUT2D eigenvalue weighted by Gasteiger charge is -2.34. The van der Waals surface area contributed by atoms with Crippen LogP contribution in [0, 0.1) is 16.0 Å². The van der Waals surface area contributed by atoms with Crippen LogP contribution in [-0.2, 0) is 4.79 Å². The number of nitro benzene ring substituents is 1. The van der Waals surface area contributed by atoms with Gasteiger partial charge in [-0.15, -0.1) is 0 Å². The van der Waals surface area contributed by atoms with Gasteiger partial charge >= 0.3 is 5.97 Å². The maximum atomic E-state index is 11.3. The topological polar surface area (TPSA) is 92.5 Å². The number of carboxylic acids is 1. The highest BCUT2D eigenvalue weighted by Crippen LogP contribution is 2.45. The zero-order valence-electron chi connectivity index (χ0n) is 9.95. The molecule has 1 aromatic carbocycles. The fraction of sp³-hybridized carbons (Fsp3) is 0.308. The predicted octanol–water partition coefficient (Wildman–Crippen LogP) is 2.13. The van der Waals surface area contributed by atoms with Gasteiger partial charge in [-0.2, -0.15) is 0 Å². The van der Waals surface area contributed by atoms with E-state index in [0.717, 1.165) is 5.56 Å². The van der Waals surface area contributed by atoms with Crippen LogP contribution in [0.3, 0.4) is 0 Å². The monoisotopic (exact) mass is 260 g/mol. The van der Waals surface area contributed by atoms with Crippen LogP contribution in [-0.4, -0.2) is 22.0 Å². The number of nitro groups is 1. The Kier molecular flexibility index (Phi) is 2.51. The first-order chi connectivity index (χ1) is 9.08. The molecule has 1 aliphatic carbocycles. The van der Waals surface area contributed by atoms with Crippen molar-refractivity contribution in [1.29, 1.82) is 0 Å². The Labute approximate surface area is 108 Å². The van der Waals surface area contributed by atoms with Gasteiger partial charge in [0.2, 0.25) is 0 Å². The molecule has 6 nitrogen and oxygen atoms in total. The first-order valence-corrected chi connectivity index (χ1v) is 6.02. The minimum Gasteiger partial charge on any atom is -0.480 e. The highest BCUT2D eigenvalue weighted by molar-refractivity contribution is 5.81. The Morgan fingerprint density at radius 3 is 2.95 bits per heavy atom. The number of hydrogen-bond donors (Lipinski definition) is 2. The predicted molar refractivity (Wildman–Crippen MR) is 68.1 cm³/mol. The maximum Gasteiger partial charge on any atom is 0.326 e. The number of nitrogens with zero attached hydrogens (tertiary/aromatic N) is 1. The van der Waals surface area contributed by atoms with E-state index in [9.17, 15) is 20.0 Å². The second-order valence-electron chi connectivity index (χ2n) is 4.84. The van der Waals surface area contributed by atoms with E-state index in [1.54, 1.807) is 6.07 Å². The quantitative estimate of drug-likeness (QED) is 0.482. The molecular formula is C13H12N2O4. The molecule has 6 heteroatoms. The summed E-state index contributed by atoms with van der Waals surface area (Å²) in [5.41, 5.74) is 1.52. The van der Waals surface area contributed by atoms with Crippen molar-refractivity contribution in [2.45, 2.75) is 18.4 Å². The molecule has 2 N–H and O–H groups in total. The number of benzene rings is 1. The van der Waals surface area contributed by atoms with Crippen molar-refractivity contribution in [2.24, 2.45) is 5.92 Å². The smallest absolute Gasteiger partial charge is 0.326 e. The van der Waals surface area contributed by atoms with Gasteiger partial charge in [0.25, 0.3) is 5.69 Å². The minimum absolute atomic E-state index is 0.0355. The summed E-state index contributed by atoms with van der Waals surface area (Å²) in [5.74, 6) is -1.02. The molecule has 2 aliphatic rings. The van der Waals surface area contributed by atoms with Crippen molar-refractivity contribution >= 4 is 17.3 Å². The molecular weight excluding hydrogens is 248 g/mol. The van der Waals surface area contributed by atoms with Gasteiger partial charge in [0, 0.05) is 29.7 Å². The molecule has 0 bridgehead atoms. The summed E-state index contributed by atoms with van der Waals surface area (Å²) in [7, 11) is 0. The first kappa shape index (κ1) is 11.7. The number of fused-ring (bicyclic) bond motifs is 3. The van der Waals surface area contributed by atoms with Crippen LogP contribution in [0.1, 0.15) is 17.9 Å². The van der Waals surface area contributed by atoms with E-state index in [0.29, 0.717) is 12.1 Å². The molecule has 0 aromatic heterocycles. The second-order valence-corrected chi connectivity index (χ2v) is 4.84. The number of rotatable bonds is 2. The Bertz CT molecular complexity index is 596. The molecule has 3 atom stereocenters. The molecule has 0 saturated carbocycles. The van der Waals surface area contributed by atoms with E-state index >= 15 is 0 Å². The fourth-order valence-electron chi connectivity index (χ4n) is 2.94. The average molecular weight is 260 g/mol. The summed E-state index contributed by atoms with van der Waals surface area (Å²) in [6, 6.07) is 3.87. The number of aliphatic carboxylic acids is 1. The summed E-state index contributed by atoms with van der Waals surface area (Å²) in [4.78, 5) is 21.7. The van der Waals surface area contributed by atoms with Gasteiger partial charge in [0.05, 0.1) is 4.92 Å². The Balaban J connectivity index is 2.08. The number of carboxylic acid groups (broad SMARTS) is 1. The summed E-state index contributed by atoms with van der Waals surface area (Å²) < 4.78 is 0. The lowest BCUT2D eigenvalue weighted by molar-refractivity contribution is -0.384. The number of anilines is 1. The van der Waals surface area contributed by atoms with E-state index in [1.807, 2.05) is 12.2 Å². The largest absolute Gasteiger partial charge is 0.480 e. The lowest BCUT2D eigenvalue weighted by Crippen LogP contribution is -2.41. The lowest BCUT2D eigenvalue weighted by atomic mass is 9.79. The molecule has 98 valence electrons. The van der Waals surface area contributed by atoms with Gasteiger partial charge < -0.3 is 10.4 Å². The standard InChI is InChI=1S/C13H12N2O4/c16-13(17)12-9-3-1-2-8(9)10-6-7(15(18)19)4-5-11(10)14-12/h1-2,4-6,8-9,12,14H,3H2,(H,16,17)/t8-,9-,12+/m0/s1. The van der Waals surface area contributed by atoms with E-state index < -0.39 is 16.9 Å². The molecule has 0 radical (unpaired) electrons. The van der Waals surface area contributed by atoms with E-state index in [-0.39, 0.29) is 17.5 Å². The van der Waals surface area contributed by atoms with Crippen molar-refractivity contribution in [1.82, 2.24) is 0 Å². The molecule has 0 fully saturated rings. The van der Waals surface area contributed by atoms with Gasteiger partial charge in [-0.25, -0.2) is 4.79 Å². The van der Waals surface area contributed by atoms with E-state index in [4.69, 9.17) is 0 Å². The summed E-state index contributed by atoms with van der Waals surface area (Å²) in [6.07, 6.45) is 4.57. The van der Waals surface area contributed by atoms with Crippen molar-refractivity contribution in [2.75, 3.05) is 5.32 Å². The van der Waals surface area contributed by atoms with Gasteiger partial charge in [0.1, 0.15) is 6.04 Å². The zero-order chi connectivity index (χ0) is 13.6. The summed E-state index contributed by atoms with van der Waals surface area (Å²) in [6.45, 7) is 0. The molecule has 0 saturated heterocycles. The Morgan fingerprint density at radius 1 is 1.47 bits per heavy atom. The van der Waals surface area contributed by atoms with Gasteiger partial charge in [-0.05, 0) is 18.1 Å². The Hall–Kier alpha value is -2.37. The number of carbonyl (C=O) groups is 1. The van der Waals surface area contributed by atoms with Crippen LogP contribution in [0.2, 0.25) is 0 Å². The molecule has 3 rings (SSSR count). The van der Waals surface area contributed by atoms with Crippen LogP contribution >= 0.6 is 0 Å². The van der Waals surface area contributed by atoms with Crippen LogP contribution in [0.15, 0.2) is 30.4 Å². The summed E-state index contributed by atoms with van der Waals surface area (Å²) >= 11 is 0. The fourth-order valence-corrected chi connectivity index (χ4v) is 2.94. The van der Waals surface area contributed by atoms with Crippen LogP contribution in [0.5, 0.6) is 0 Å². The third-order valence-electron chi connectivity index (χ3n) is 3.82. The summed E-state index contributed by atoms with van der Waals surface area (Å²) in [5, 5.41) is 23.1. The third-order valence-corrected chi connectivity index (χ3v) is 3.82. The number of allylic oxidation sites excluding steroid dienone is 2. The first-order valence-electron chi connectivity index (χ1n) is 6.02. The van der Waals surface area contributed by atoms with Crippen molar-refractivity contribution in [3.63, 3.8) is 0 Å². The zero-order valence-corrected chi connectivity index (χ0v) is 9.95. The normalized spacial score (nSPS) is 27.3. The SMILES string of the molecule is O=C(O)[C@@H]1Nc2ccc([N+](=O)[O-])cc2[C@H]2C=CC[C@@H]21. The number of hydrogen-bond acceptors (Lipinski definition) is 4. The van der Waals surface area contributed by atoms with Crippen LogP contribution in [0.4, 0.5) is 11.4 Å². The highest BCUT2D eigenvalue weighted by Gasteiger charge is 2.41. The van der Waals surface area contributed by atoms with Crippen molar-refractivity contribution in [3.8, 4) is 0 Å². The minimum atomic E-state index is -0.886. The van der Waals surface area contributed by atoms with Gasteiger partial charge in [-0.1, -0.05) is 12.2 Å². The van der Waals surface area contributed by atoms with Gasteiger partial charge in [0.15, 0.2) is 0 Å². The average Bonchev–Trinajstić information content (AvgIpc) is 2.86.